The number of methoxy groups -OCH3 is 1. The van der Waals surface area contributed by atoms with E-state index in [4.69, 9.17) is 9.47 Å². The lowest BCUT2D eigenvalue weighted by molar-refractivity contribution is -0.126. The van der Waals surface area contributed by atoms with Gasteiger partial charge in [0.05, 0.1) is 13.0 Å². The number of aryl methyl sites for hydroxylation is 3. The van der Waals surface area contributed by atoms with Crippen LogP contribution in [0.3, 0.4) is 0 Å². The lowest BCUT2D eigenvalue weighted by Gasteiger charge is -2.17. The fraction of sp³-hybridized carbons (Fsp3) is 0.300. The molecule has 0 saturated carbocycles. The van der Waals surface area contributed by atoms with Gasteiger partial charge in [-0.2, -0.15) is 0 Å². The smallest absolute Gasteiger partial charge is 0.262 e. The number of ether oxygens (including phenoxy) is 2. The van der Waals surface area contributed by atoms with Gasteiger partial charge in [-0.25, -0.2) is 0 Å². The molecule has 3 aromatic rings. The van der Waals surface area contributed by atoms with Crippen molar-refractivity contribution in [1.82, 2.24) is 5.32 Å². The first-order valence-corrected chi connectivity index (χ1v) is 12.5. The molecule has 0 aromatic heterocycles. The number of hydrogen-bond donors (Lipinski definition) is 2. The highest BCUT2D eigenvalue weighted by Gasteiger charge is 2.35. The van der Waals surface area contributed by atoms with Gasteiger partial charge in [0.2, 0.25) is 11.8 Å². The van der Waals surface area contributed by atoms with Crippen LogP contribution in [0.2, 0.25) is 0 Å². The van der Waals surface area contributed by atoms with E-state index >= 15 is 0 Å². The molecule has 0 bridgehead atoms. The molecule has 1 saturated heterocycles. The third kappa shape index (κ3) is 6.51. The third-order valence-electron chi connectivity index (χ3n) is 6.58. The van der Waals surface area contributed by atoms with Crippen LogP contribution in [0.5, 0.6) is 11.5 Å². The number of carbonyl (C=O) groups is 3. The van der Waals surface area contributed by atoms with Crippen LogP contribution >= 0.6 is 0 Å². The van der Waals surface area contributed by atoms with Gasteiger partial charge in [-0.3, -0.25) is 14.4 Å². The molecule has 1 heterocycles. The second kappa shape index (κ2) is 11.8. The lowest BCUT2D eigenvalue weighted by atomic mass is 10.1. The first-order chi connectivity index (χ1) is 18.2. The van der Waals surface area contributed by atoms with Crippen molar-refractivity contribution in [3.63, 3.8) is 0 Å². The van der Waals surface area contributed by atoms with E-state index in [0.717, 1.165) is 33.7 Å². The molecule has 0 unspecified atom stereocenters. The molecule has 8 nitrogen and oxygen atoms in total. The van der Waals surface area contributed by atoms with Gasteiger partial charge >= 0.3 is 0 Å². The predicted molar refractivity (Wildman–Crippen MR) is 147 cm³/mol. The first-order valence-electron chi connectivity index (χ1n) is 12.5. The summed E-state index contributed by atoms with van der Waals surface area (Å²) in [4.78, 5) is 39.4. The molecule has 4 rings (SSSR count). The fourth-order valence-electron chi connectivity index (χ4n) is 4.63. The topological polar surface area (TPSA) is 97.0 Å². The molecule has 198 valence electrons. The van der Waals surface area contributed by atoms with Crippen molar-refractivity contribution in [3.8, 4) is 11.5 Å². The van der Waals surface area contributed by atoms with Crippen molar-refractivity contribution in [2.45, 2.75) is 33.7 Å². The molecule has 1 aliphatic heterocycles. The zero-order valence-electron chi connectivity index (χ0n) is 22.2. The molecule has 3 aromatic carbocycles. The van der Waals surface area contributed by atoms with E-state index in [2.05, 4.69) is 10.6 Å². The Morgan fingerprint density at radius 3 is 2.21 bits per heavy atom. The Bertz CT molecular complexity index is 1300. The van der Waals surface area contributed by atoms with Crippen molar-refractivity contribution in [1.29, 1.82) is 0 Å². The number of nitrogens with one attached hydrogen (secondary N) is 2. The molecule has 8 heteroatoms. The Hall–Kier alpha value is -4.33. The Labute approximate surface area is 222 Å². The van der Waals surface area contributed by atoms with Gasteiger partial charge in [0.25, 0.3) is 5.91 Å². The second-order valence-electron chi connectivity index (χ2n) is 9.58. The minimum atomic E-state index is -0.422. The normalized spacial score (nSPS) is 14.8. The molecule has 1 atom stereocenters. The Morgan fingerprint density at radius 2 is 1.58 bits per heavy atom. The maximum atomic E-state index is 12.7. The molecular formula is C30H33N3O5. The van der Waals surface area contributed by atoms with E-state index in [0.29, 0.717) is 24.5 Å². The average molecular weight is 516 g/mol. The minimum absolute atomic E-state index is 0.105. The van der Waals surface area contributed by atoms with E-state index in [1.54, 1.807) is 36.3 Å². The van der Waals surface area contributed by atoms with Gasteiger partial charge in [0, 0.05) is 30.9 Å². The number of amides is 3. The van der Waals surface area contributed by atoms with Crippen molar-refractivity contribution in [2.24, 2.45) is 5.92 Å². The van der Waals surface area contributed by atoms with Gasteiger partial charge in [0.1, 0.15) is 11.5 Å². The lowest BCUT2D eigenvalue weighted by Crippen LogP contribution is -2.32. The van der Waals surface area contributed by atoms with Crippen LogP contribution in [-0.4, -0.2) is 38.0 Å². The second-order valence-corrected chi connectivity index (χ2v) is 9.58. The molecule has 1 fully saturated rings. The highest BCUT2D eigenvalue weighted by Crippen LogP contribution is 2.27. The Balaban J connectivity index is 1.27. The van der Waals surface area contributed by atoms with Crippen LogP contribution in [0, 0.1) is 26.7 Å². The number of benzene rings is 3. The van der Waals surface area contributed by atoms with Crippen LogP contribution in [0.4, 0.5) is 11.4 Å². The fourth-order valence-corrected chi connectivity index (χ4v) is 4.63. The molecular weight excluding hydrogens is 482 g/mol. The summed E-state index contributed by atoms with van der Waals surface area (Å²) >= 11 is 0. The van der Waals surface area contributed by atoms with Crippen LogP contribution < -0.4 is 25.0 Å². The van der Waals surface area contributed by atoms with Crippen molar-refractivity contribution in [2.75, 3.05) is 30.5 Å². The molecule has 3 amide bonds. The maximum absolute atomic E-state index is 12.7. The van der Waals surface area contributed by atoms with Crippen molar-refractivity contribution in [3.05, 3.63) is 82.9 Å². The van der Waals surface area contributed by atoms with Crippen molar-refractivity contribution < 1.29 is 23.9 Å². The van der Waals surface area contributed by atoms with E-state index in [-0.39, 0.29) is 30.7 Å². The van der Waals surface area contributed by atoms with E-state index < -0.39 is 5.92 Å². The summed E-state index contributed by atoms with van der Waals surface area (Å²) in [7, 11) is 1.60. The summed E-state index contributed by atoms with van der Waals surface area (Å²) < 4.78 is 10.8. The molecule has 0 aliphatic carbocycles. The van der Waals surface area contributed by atoms with E-state index in [9.17, 15) is 14.4 Å². The molecule has 0 spiro atoms. The van der Waals surface area contributed by atoms with Gasteiger partial charge in [-0.05, 0) is 73.9 Å². The molecule has 2 N–H and O–H groups in total. The molecule has 38 heavy (non-hydrogen) atoms. The SMILES string of the molecule is COc1ccc(CNC(=O)[C@@H]2CC(=O)N(c3ccc(OCC(=O)Nc4c(C)cc(C)cc4C)cc3)C2)cc1. The standard InChI is InChI=1S/C30H33N3O5/c1-19-13-20(2)29(21(3)14-19)32-27(34)18-38-26-11-7-24(8-12-26)33-17-23(15-28(33)35)30(36)31-16-22-5-9-25(37-4)10-6-22/h5-14,23H,15-18H2,1-4H3,(H,31,36)(H,32,34)/t23-/m1/s1. The Kier molecular flexibility index (Phi) is 8.31. The number of nitrogens with zero attached hydrogens (tertiary/aromatic N) is 1. The first kappa shape index (κ1) is 26.7. The van der Waals surface area contributed by atoms with E-state index in [1.807, 2.05) is 57.2 Å². The monoisotopic (exact) mass is 515 g/mol. The maximum Gasteiger partial charge on any atom is 0.262 e. The summed E-state index contributed by atoms with van der Waals surface area (Å²) in [6.07, 6.45) is 0.157. The number of anilines is 2. The number of hydrogen-bond acceptors (Lipinski definition) is 5. The number of rotatable bonds is 9. The molecule has 1 aliphatic rings. The van der Waals surface area contributed by atoms with Crippen LogP contribution in [0.25, 0.3) is 0 Å². The highest BCUT2D eigenvalue weighted by atomic mass is 16.5. The summed E-state index contributed by atoms with van der Waals surface area (Å²) in [5.74, 6) is 0.343. The van der Waals surface area contributed by atoms with Crippen LogP contribution in [-0.2, 0) is 20.9 Å². The van der Waals surface area contributed by atoms with Crippen molar-refractivity contribution >= 4 is 29.1 Å². The van der Waals surface area contributed by atoms with Crippen LogP contribution in [0.1, 0.15) is 28.7 Å². The summed E-state index contributed by atoms with van der Waals surface area (Å²) in [6.45, 7) is 6.51. The van der Waals surface area contributed by atoms with Crippen LogP contribution in [0.15, 0.2) is 60.7 Å². The zero-order chi connectivity index (χ0) is 27.2. The minimum Gasteiger partial charge on any atom is -0.497 e. The van der Waals surface area contributed by atoms with Gasteiger partial charge < -0.3 is 25.0 Å². The van der Waals surface area contributed by atoms with E-state index in [1.165, 1.54) is 0 Å². The molecule has 0 radical (unpaired) electrons. The third-order valence-corrected chi connectivity index (χ3v) is 6.58. The summed E-state index contributed by atoms with van der Waals surface area (Å²) in [5, 5.41) is 5.84. The van der Waals surface area contributed by atoms with Gasteiger partial charge in [0.15, 0.2) is 6.61 Å². The number of carbonyl (C=O) groups excluding carboxylic acids is 3. The van der Waals surface area contributed by atoms with Gasteiger partial charge in [-0.15, -0.1) is 0 Å². The van der Waals surface area contributed by atoms with Gasteiger partial charge in [-0.1, -0.05) is 29.8 Å². The quantitative estimate of drug-likeness (QED) is 0.443. The Morgan fingerprint density at radius 1 is 0.947 bits per heavy atom. The largest absolute Gasteiger partial charge is 0.497 e. The summed E-state index contributed by atoms with van der Waals surface area (Å²) in [5.41, 5.74) is 5.59. The zero-order valence-corrected chi connectivity index (χ0v) is 22.2. The average Bonchev–Trinajstić information content (AvgIpc) is 3.30. The predicted octanol–water partition coefficient (Wildman–Crippen LogP) is 4.31. The highest BCUT2D eigenvalue weighted by molar-refractivity contribution is 6.00. The summed E-state index contributed by atoms with van der Waals surface area (Å²) in [6, 6.07) is 18.5.